The third-order valence-electron chi connectivity index (χ3n) is 4.22. The Kier molecular flexibility index (Phi) is 9.88. The molecule has 0 spiro atoms. The second-order valence-electron chi connectivity index (χ2n) is 6.80. The number of benzene rings is 1. The van der Waals surface area contributed by atoms with E-state index in [0.29, 0.717) is 18.4 Å². The van der Waals surface area contributed by atoms with E-state index < -0.39 is 10.0 Å². The first-order valence-electron chi connectivity index (χ1n) is 9.00. The third kappa shape index (κ3) is 7.03. The van der Waals surface area contributed by atoms with E-state index >= 15 is 0 Å². The lowest BCUT2D eigenvalue weighted by atomic mass is 9.92. The summed E-state index contributed by atoms with van der Waals surface area (Å²) < 4.78 is 27.0. The summed E-state index contributed by atoms with van der Waals surface area (Å²) in [6.45, 7) is 10.1. The molecule has 1 saturated heterocycles. The van der Waals surface area contributed by atoms with Crippen LogP contribution in [-0.2, 0) is 10.0 Å². The topological polar surface area (TPSA) is 73.8 Å². The van der Waals surface area contributed by atoms with Crippen molar-refractivity contribution >= 4 is 40.0 Å². The quantitative estimate of drug-likeness (QED) is 0.276. The van der Waals surface area contributed by atoms with Crippen LogP contribution in [0.2, 0.25) is 0 Å². The van der Waals surface area contributed by atoms with Gasteiger partial charge >= 0.3 is 0 Å². The van der Waals surface area contributed by atoms with Crippen LogP contribution in [0.15, 0.2) is 40.2 Å². The van der Waals surface area contributed by atoms with E-state index in [1.165, 1.54) is 6.42 Å². The van der Waals surface area contributed by atoms with Crippen molar-refractivity contribution in [3.05, 3.63) is 30.3 Å². The number of sulfonamides is 1. The first-order chi connectivity index (χ1) is 11.9. The van der Waals surface area contributed by atoms with Gasteiger partial charge in [-0.1, -0.05) is 32.0 Å². The van der Waals surface area contributed by atoms with Crippen LogP contribution < -0.4 is 10.0 Å². The maximum atomic E-state index is 12.2. The van der Waals surface area contributed by atoms with Crippen molar-refractivity contribution in [2.75, 3.05) is 32.7 Å². The van der Waals surface area contributed by atoms with Crippen LogP contribution in [0.4, 0.5) is 0 Å². The number of guanidine groups is 1. The van der Waals surface area contributed by atoms with E-state index in [-0.39, 0.29) is 35.4 Å². The summed E-state index contributed by atoms with van der Waals surface area (Å²) in [5.74, 6) is 2.16. The Morgan fingerprint density at radius 2 is 1.81 bits per heavy atom. The van der Waals surface area contributed by atoms with Crippen LogP contribution in [0, 0.1) is 11.8 Å². The largest absolute Gasteiger partial charge is 0.357 e. The maximum absolute atomic E-state index is 12.2. The van der Waals surface area contributed by atoms with Crippen molar-refractivity contribution in [1.82, 2.24) is 14.9 Å². The fourth-order valence-corrected chi connectivity index (χ4v) is 4.33. The van der Waals surface area contributed by atoms with Gasteiger partial charge in [-0.2, -0.15) is 0 Å². The molecule has 1 aliphatic heterocycles. The average molecular weight is 494 g/mol. The number of nitrogens with one attached hydrogen (secondary N) is 2. The van der Waals surface area contributed by atoms with E-state index in [4.69, 9.17) is 0 Å². The van der Waals surface area contributed by atoms with Crippen LogP contribution in [0.25, 0.3) is 0 Å². The predicted molar refractivity (Wildman–Crippen MR) is 118 cm³/mol. The van der Waals surface area contributed by atoms with Gasteiger partial charge in [0.1, 0.15) is 0 Å². The van der Waals surface area contributed by atoms with Gasteiger partial charge < -0.3 is 10.2 Å². The maximum Gasteiger partial charge on any atom is 0.240 e. The molecular weight excluding hydrogens is 463 g/mol. The molecule has 1 aromatic rings. The Morgan fingerprint density at radius 3 is 2.38 bits per heavy atom. The highest BCUT2D eigenvalue weighted by molar-refractivity contribution is 14.0. The number of hydrogen-bond acceptors (Lipinski definition) is 3. The Labute approximate surface area is 174 Å². The van der Waals surface area contributed by atoms with E-state index in [1.807, 2.05) is 6.92 Å². The summed E-state index contributed by atoms with van der Waals surface area (Å²) in [5, 5.41) is 3.32. The SMILES string of the molecule is CCNC(=NCCNS(=O)(=O)c1ccccc1)N1CC(C)CC(C)C1.I. The van der Waals surface area contributed by atoms with Gasteiger partial charge in [-0.3, -0.25) is 4.99 Å². The molecule has 0 amide bonds. The third-order valence-corrected chi connectivity index (χ3v) is 5.70. The number of hydrogen-bond donors (Lipinski definition) is 2. The van der Waals surface area contributed by atoms with Gasteiger partial charge in [-0.25, -0.2) is 13.1 Å². The highest BCUT2D eigenvalue weighted by atomic mass is 127. The van der Waals surface area contributed by atoms with Crippen LogP contribution in [0.5, 0.6) is 0 Å². The van der Waals surface area contributed by atoms with Gasteiger partial charge in [0.25, 0.3) is 0 Å². The number of halogens is 1. The zero-order chi connectivity index (χ0) is 18.3. The Bertz CT molecular complexity index is 657. The smallest absolute Gasteiger partial charge is 0.240 e. The zero-order valence-corrected chi connectivity index (χ0v) is 19.0. The van der Waals surface area contributed by atoms with Crippen molar-refractivity contribution in [2.24, 2.45) is 16.8 Å². The molecule has 0 aromatic heterocycles. The van der Waals surface area contributed by atoms with Crippen molar-refractivity contribution in [3.8, 4) is 0 Å². The van der Waals surface area contributed by atoms with Crippen molar-refractivity contribution < 1.29 is 8.42 Å². The molecule has 8 heteroatoms. The molecule has 1 aromatic carbocycles. The van der Waals surface area contributed by atoms with E-state index in [0.717, 1.165) is 25.6 Å². The molecule has 1 aliphatic rings. The first kappa shape index (κ1) is 23.2. The fourth-order valence-electron chi connectivity index (χ4n) is 3.29. The molecule has 0 saturated carbocycles. The van der Waals surface area contributed by atoms with E-state index in [2.05, 4.69) is 33.8 Å². The summed E-state index contributed by atoms with van der Waals surface area (Å²) in [4.78, 5) is 7.18. The minimum atomic E-state index is -3.47. The Balaban J connectivity index is 0.00000338. The van der Waals surface area contributed by atoms with Crippen LogP contribution >= 0.6 is 24.0 Å². The highest BCUT2D eigenvalue weighted by Crippen LogP contribution is 2.20. The molecule has 0 bridgehead atoms. The zero-order valence-electron chi connectivity index (χ0n) is 15.8. The molecule has 1 fully saturated rings. The van der Waals surface area contributed by atoms with Gasteiger partial charge in [-0.15, -0.1) is 24.0 Å². The summed E-state index contributed by atoms with van der Waals surface area (Å²) >= 11 is 0. The second kappa shape index (κ2) is 11.1. The second-order valence-corrected chi connectivity index (χ2v) is 8.56. The normalized spacial score (nSPS) is 21.2. The van der Waals surface area contributed by atoms with Crippen molar-refractivity contribution in [3.63, 3.8) is 0 Å². The summed E-state index contributed by atoms with van der Waals surface area (Å²) in [6, 6.07) is 8.41. The standard InChI is InChI=1S/C18H30N4O2S.HI/c1-4-19-18(22-13-15(2)12-16(3)14-22)20-10-11-21-25(23,24)17-8-6-5-7-9-17;/h5-9,15-16,21H,4,10-14H2,1-3H3,(H,19,20);1H. The molecule has 2 rings (SSSR count). The highest BCUT2D eigenvalue weighted by Gasteiger charge is 2.24. The lowest BCUT2D eigenvalue weighted by molar-refractivity contribution is 0.208. The predicted octanol–water partition coefficient (Wildman–Crippen LogP) is 2.53. The molecule has 2 atom stereocenters. The van der Waals surface area contributed by atoms with Gasteiger partial charge in [0.2, 0.25) is 10.0 Å². The van der Waals surface area contributed by atoms with Crippen LogP contribution in [0.1, 0.15) is 27.2 Å². The summed E-state index contributed by atoms with van der Waals surface area (Å²) in [7, 11) is -3.47. The van der Waals surface area contributed by atoms with Gasteiger partial charge in [0.05, 0.1) is 11.4 Å². The number of rotatable bonds is 6. The molecule has 0 radical (unpaired) electrons. The van der Waals surface area contributed by atoms with Crippen LogP contribution in [-0.4, -0.2) is 52.0 Å². The van der Waals surface area contributed by atoms with E-state index in [1.54, 1.807) is 30.3 Å². The molecule has 1 heterocycles. The van der Waals surface area contributed by atoms with Crippen molar-refractivity contribution in [1.29, 1.82) is 0 Å². The number of nitrogens with zero attached hydrogens (tertiary/aromatic N) is 2. The van der Waals surface area contributed by atoms with Gasteiger partial charge in [0, 0.05) is 26.2 Å². The lowest BCUT2D eigenvalue weighted by Gasteiger charge is -2.37. The fraction of sp³-hybridized carbons (Fsp3) is 0.611. The summed E-state index contributed by atoms with van der Waals surface area (Å²) in [5.41, 5.74) is 0. The van der Waals surface area contributed by atoms with Crippen LogP contribution in [0.3, 0.4) is 0 Å². The summed E-state index contributed by atoms with van der Waals surface area (Å²) in [6.07, 6.45) is 1.24. The van der Waals surface area contributed by atoms with Gasteiger partial charge in [-0.05, 0) is 37.3 Å². The van der Waals surface area contributed by atoms with Crippen molar-refractivity contribution in [2.45, 2.75) is 32.1 Å². The molecule has 2 unspecified atom stereocenters. The minimum Gasteiger partial charge on any atom is -0.357 e. The average Bonchev–Trinajstić information content (AvgIpc) is 2.57. The number of piperidine rings is 1. The molecule has 0 aliphatic carbocycles. The van der Waals surface area contributed by atoms with E-state index in [9.17, 15) is 8.42 Å². The number of likely N-dealkylation sites (tertiary alicyclic amines) is 1. The molecular formula is C18H31IN4O2S. The first-order valence-corrected chi connectivity index (χ1v) is 10.5. The molecule has 2 N–H and O–H groups in total. The lowest BCUT2D eigenvalue weighted by Crippen LogP contribution is -2.48. The monoisotopic (exact) mass is 494 g/mol. The molecule has 148 valence electrons. The Hall–Kier alpha value is -0.870. The Morgan fingerprint density at radius 1 is 1.19 bits per heavy atom. The van der Waals surface area contributed by atoms with Gasteiger partial charge in [0.15, 0.2) is 5.96 Å². The molecule has 26 heavy (non-hydrogen) atoms. The number of aliphatic imine (C=N–C) groups is 1. The molecule has 6 nitrogen and oxygen atoms in total. The minimum absolute atomic E-state index is 0.